The third kappa shape index (κ3) is 3.82. The van der Waals surface area contributed by atoms with Gasteiger partial charge in [0, 0.05) is 19.6 Å². The van der Waals surface area contributed by atoms with E-state index >= 15 is 0 Å². The molecule has 98 valence electrons. The molecule has 4 nitrogen and oxygen atoms in total. The number of carbonyl (C=O) groups excluding carboxylic acids is 1. The molecule has 2 rings (SSSR count). The molecule has 0 amide bonds. The van der Waals surface area contributed by atoms with E-state index < -0.39 is 0 Å². The van der Waals surface area contributed by atoms with Crippen LogP contribution in [-0.2, 0) is 20.8 Å². The van der Waals surface area contributed by atoms with Crippen molar-refractivity contribution in [2.75, 3.05) is 26.8 Å². The molecule has 1 unspecified atom stereocenters. The fourth-order valence-electron chi connectivity index (χ4n) is 2.16. The van der Waals surface area contributed by atoms with E-state index in [1.807, 2.05) is 18.2 Å². The molecule has 1 aliphatic rings. The lowest BCUT2D eigenvalue weighted by molar-refractivity contribution is -0.145. The molecule has 1 aliphatic heterocycles. The highest BCUT2D eigenvalue weighted by Gasteiger charge is 2.23. The van der Waals surface area contributed by atoms with E-state index in [-0.39, 0.29) is 12.1 Å². The van der Waals surface area contributed by atoms with Gasteiger partial charge in [0.25, 0.3) is 0 Å². The molecule has 1 aromatic carbocycles. The molecule has 1 saturated heterocycles. The first kappa shape index (κ1) is 13.1. The Kier molecular flexibility index (Phi) is 4.73. The van der Waals surface area contributed by atoms with Crippen molar-refractivity contribution in [2.24, 2.45) is 0 Å². The minimum Gasteiger partial charge on any atom is -0.469 e. The highest BCUT2D eigenvalue weighted by Crippen LogP contribution is 2.12. The van der Waals surface area contributed by atoms with Crippen LogP contribution in [0.25, 0.3) is 0 Å². The Balaban J connectivity index is 1.85. The third-order valence-corrected chi connectivity index (χ3v) is 3.09. The van der Waals surface area contributed by atoms with E-state index in [0.717, 1.165) is 19.6 Å². The first-order chi connectivity index (χ1) is 8.78. The molecule has 4 heteroatoms. The number of hydrogen-bond acceptors (Lipinski definition) is 4. The van der Waals surface area contributed by atoms with Crippen molar-refractivity contribution in [2.45, 2.75) is 19.1 Å². The summed E-state index contributed by atoms with van der Waals surface area (Å²) >= 11 is 0. The Labute approximate surface area is 107 Å². The number of carbonyl (C=O) groups is 1. The van der Waals surface area contributed by atoms with Gasteiger partial charge in [-0.25, -0.2) is 0 Å². The Bertz CT molecular complexity index is 380. The summed E-state index contributed by atoms with van der Waals surface area (Å²) < 4.78 is 10.2. The van der Waals surface area contributed by atoms with Gasteiger partial charge in [0.2, 0.25) is 0 Å². The normalized spacial score (nSPS) is 20.6. The molecular weight excluding hydrogens is 230 g/mol. The molecule has 1 fully saturated rings. The van der Waals surface area contributed by atoms with E-state index in [2.05, 4.69) is 21.8 Å². The van der Waals surface area contributed by atoms with E-state index in [1.165, 1.54) is 12.7 Å². The molecule has 18 heavy (non-hydrogen) atoms. The van der Waals surface area contributed by atoms with Gasteiger partial charge in [0.05, 0.1) is 26.2 Å². The largest absolute Gasteiger partial charge is 0.469 e. The van der Waals surface area contributed by atoms with E-state index in [1.54, 1.807) is 0 Å². The number of morpholine rings is 1. The number of ether oxygens (including phenoxy) is 2. The van der Waals surface area contributed by atoms with Gasteiger partial charge in [-0.15, -0.1) is 0 Å². The summed E-state index contributed by atoms with van der Waals surface area (Å²) in [6.07, 6.45) is 0.289. The number of nitrogens with zero attached hydrogens (tertiary/aromatic N) is 1. The fraction of sp³-hybridized carbons (Fsp3) is 0.500. The second-order valence-electron chi connectivity index (χ2n) is 4.49. The highest BCUT2D eigenvalue weighted by atomic mass is 16.5. The Morgan fingerprint density at radius 1 is 1.44 bits per heavy atom. The van der Waals surface area contributed by atoms with Crippen LogP contribution in [-0.4, -0.2) is 43.8 Å². The van der Waals surface area contributed by atoms with Gasteiger partial charge in [-0.1, -0.05) is 30.3 Å². The average Bonchev–Trinajstić information content (AvgIpc) is 2.40. The number of hydrogen-bond donors (Lipinski definition) is 0. The lowest BCUT2D eigenvalue weighted by Gasteiger charge is -2.32. The van der Waals surface area contributed by atoms with Gasteiger partial charge in [-0.05, 0) is 5.56 Å². The second kappa shape index (κ2) is 6.52. The molecule has 0 spiro atoms. The number of methoxy groups -OCH3 is 1. The Morgan fingerprint density at radius 3 is 2.94 bits per heavy atom. The topological polar surface area (TPSA) is 38.8 Å². The van der Waals surface area contributed by atoms with Crippen molar-refractivity contribution in [3.63, 3.8) is 0 Å². The molecular formula is C14H19NO3. The quantitative estimate of drug-likeness (QED) is 0.757. The minimum atomic E-state index is -0.207. The van der Waals surface area contributed by atoms with E-state index in [0.29, 0.717) is 13.0 Å². The predicted molar refractivity (Wildman–Crippen MR) is 68.1 cm³/mol. The predicted octanol–water partition coefficient (Wildman–Crippen LogP) is 1.45. The van der Waals surface area contributed by atoms with Crippen LogP contribution in [0.3, 0.4) is 0 Å². The van der Waals surface area contributed by atoms with Crippen molar-refractivity contribution in [3.05, 3.63) is 35.9 Å². The van der Waals surface area contributed by atoms with Crippen molar-refractivity contribution in [1.29, 1.82) is 0 Å². The van der Waals surface area contributed by atoms with E-state index in [4.69, 9.17) is 4.74 Å². The van der Waals surface area contributed by atoms with Crippen molar-refractivity contribution < 1.29 is 14.3 Å². The van der Waals surface area contributed by atoms with Gasteiger partial charge >= 0.3 is 5.97 Å². The molecule has 0 aromatic heterocycles. The maximum absolute atomic E-state index is 11.2. The zero-order chi connectivity index (χ0) is 12.8. The van der Waals surface area contributed by atoms with Crippen LogP contribution in [0.1, 0.15) is 12.0 Å². The summed E-state index contributed by atoms with van der Waals surface area (Å²) in [5, 5.41) is 0. The summed E-state index contributed by atoms with van der Waals surface area (Å²) in [4.78, 5) is 13.5. The van der Waals surface area contributed by atoms with Crippen molar-refractivity contribution >= 4 is 5.97 Å². The van der Waals surface area contributed by atoms with Gasteiger partial charge in [-0.3, -0.25) is 9.69 Å². The Hall–Kier alpha value is -1.39. The summed E-state index contributed by atoms with van der Waals surface area (Å²) in [6, 6.07) is 10.3. The van der Waals surface area contributed by atoms with Crippen LogP contribution in [0.15, 0.2) is 30.3 Å². The third-order valence-electron chi connectivity index (χ3n) is 3.09. The molecule has 0 N–H and O–H groups in total. The van der Waals surface area contributed by atoms with Gasteiger partial charge in [-0.2, -0.15) is 0 Å². The maximum Gasteiger partial charge on any atom is 0.308 e. The van der Waals surface area contributed by atoms with Crippen LogP contribution < -0.4 is 0 Å². The summed E-state index contributed by atoms with van der Waals surface area (Å²) in [5.74, 6) is -0.207. The van der Waals surface area contributed by atoms with Crippen LogP contribution in [0.2, 0.25) is 0 Å². The molecule has 0 saturated carbocycles. The zero-order valence-electron chi connectivity index (χ0n) is 10.7. The van der Waals surface area contributed by atoms with E-state index in [9.17, 15) is 4.79 Å². The summed E-state index contributed by atoms with van der Waals surface area (Å²) in [5.41, 5.74) is 1.29. The zero-order valence-corrected chi connectivity index (χ0v) is 10.7. The van der Waals surface area contributed by atoms with Crippen LogP contribution in [0.4, 0.5) is 0 Å². The van der Waals surface area contributed by atoms with Gasteiger partial charge in [0.1, 0.15) is 0 Å². The monoisotopic (exact) mass is 249 g/mol. The molecule has 0 aliphatic carbocycles. The molecule has 0 bridgehead atoms. The molecule has 1 aromatic rings. The van der Waals surface area contributed by atoms with Gasteiger partial charge in [0.15, 0.2) is 0 Å². The SMILES string of the molecule is COC(=O)CC1CN(Cc2ccccc2)CCO1. The number of esters is 1. The van der Waals surface area contributed by atoms with Crippen LogP contribution >= 0.6 is 0 Å². The molecule has 0 radical (unpaired) electrons. The minimum absolute atomic E-state index is 0.0464. The summed E-state index contributed by atoms with van der Waals surface area (Å²) in [6.45, 7) is 3.27. The number of benzene rings is 1. The standard InChI is InChI=1S/C14H19NO3/c1-17-14(16)9-13-11-15(7-8-18-13)10-12-5-3-2-4-6-12/h2-6,13H,7-11H2,1H3. The molecule has 1 heterocycles. The van der Waals surface area contributed by atoms with Crippen molar-refractivity contribution in [1.82, 2.24) is 4.90 Å². The second-order valence-corrected chi connectivity index (χ2v) is 4.49. The lowest BCUT2D eigenvalue weighted by atomic mass is 10.1. The van der Waals surface area contributed by atoms with Gasteiger partial charge < -0.3 is 9.47 Å². The summed E-state index contributed by atoms with van der Waals surface area (Å²) in [7, 11) is 1.41. The highest BCUT2D eigenvalue weighted by molar-refractivity contribution is 5.69. The van der Waals surface area contributed by atoms with Crippen LogP contribution in [0.5, 0.6) is 0 Å². The first-order valence-electron chi connectivity index (χ1n) is 6.22. The Morgan fingerprint density at radius 2 is 2.22 bits per heavy atom. The van der Waals surface area contributed by atoms with Crippen molar-refractivity contribution in [3.8, 4) is 0 Å². The smallest absolute Gasteiger partial charge is 0.308 e. The maximum atomic E-state index is 11.2. The van der Waals surface area contributed by atoms with Crippen LogP contribution in [0, 0.1) is 0 Å². The average molecular weight is 249 g/mol. The lowest BCUT2D eigenvalue weighted by Crippen LogP contribution is -2.42. The first-order valence-corrected chi connectivity index (χ1v) is 6.22. The molecule has 1 atom stereocenters. The fourth-order valence-corrected chi connectivity index (χ4v) is 2.16. The number of rotatable bonds is 4.